The highest BCUT2D eigenvalue weighted by atomic mass is 35.5. The number of amidine groups is 1. The zero-order valence-corrected chi connectivity index (χ0v) is 10.3. The average molecular weight is 266 g/mol. The molecule has 0 radical (unpaired) electrons. The van der Waals surface area contributed by atoms with Crippen molar-refractivity contribution in [1.29, 1.82) is 0 Å². The molecule has 0 atom stereocenters. The molecule has 0 aromatic heterocycles. The first kappa shape index (κ1) is 12.0. The lowest BCUT2D eigenvalue weighted by Gasteiger charge is -2.04. The molecular formula is C11H8ClN3OS. The Morgan fingerprint density at radius 1 is 1.24 bits per heavy atom. The fourth-order valence-electron chi connectivity index (χ4n) is 1.11. The number of halogens is 1. The number of aliphatic imine (C=N–C) groups is 1. The number of amides is 1. The second-order valence-electron chi connectivity index (χ2n) is 3.26. The van der Waals surface area contributed by atoms with Crippen LogP contribution in [0, 0.1) is 0 Å². The van der Waals surface area contributed by atoms with Gasteiger partial charge in [-0.3, -0.25) is 4.79 Å². The lowest BCUT2D eigenvalue weighted by molar-refractivity contribution is -0.114. The van der Waals surface area contributed by atoms with Gasteiger partial charge in [0.1, 0.15) is 5.70 Å². The van der Waals surface area contributed by atoms with Crippen LogP contribution < -0.4 is 0 Å². The number of thioether (sulfide) groups is 1. The number of carbonyl (C=O) groups excluding carboxylic acids is 1. The van der Waals surface area contributed by atoms with E-state index in [4.69, 9.17) is 11.6 Å². The summed E-state index contributed by atoms with van der Waals surface area (Å²) < 4.78 is 0. The van der Waals surface area contributed by atoms with E-state index in [1.165, 1.54) is 11.8 Å². The van der Waals surface area contributed by atoms with Gasteiger partial charge in [0.05, 0.1) is 0 Å². The maximum absolute atomic E-state index is 11.2. The van der Waals surface area contributed by atoms with Crippen molar-refractivity contribution in [1.82, 2.24) is 0 Å². The van der Waals surface area contributed by atoms with E-state index < -0.39 is 5.91 Å². The summed E-state index contributed by atoms with van der Waals surface area (Å²) in [7, 11) is 0. The van der Waals surface area contributed by atoms with E-state index in [1.807, 2.05) is 24.3 Å². The van der Waals surface area contributed by atoms with Crippen LogP contribution in [-0.2, 0) is 10.5 Å². The minimum Gasteiger partial charge on any atom is -0.265 e. The number of nitrogens with zero attached hydrogens (tertiary/aromatic N) is 3. The summed E-state index contributed by atoms with van der Waals surface area (Å²) in [5.74, 6) is 0.230. The van der Waals surface area contributed by atoms with Gasteiger partial charge in [-0.2, -0.15) is 4.99 Å². The number of carbonyl (C=O) groups is 1. The summed E-state index contributed by atoms with van der Waals surface area (Å²) >= 11 is 7.12. The summed E-state index contributed by atoms with van der Waals surface area (Å²) in [4.78, 5) is 14.9. The zero-order chi connectivity index (χ0) is 12.3. The maximum atomic E-state index is 11.2. The molecule has 0 saturated heterocycles. The van der Waals surface area contributed by atoms with Crippen molar-refractivity contribution in [3.63, 3.8) is 0 Å². The van der Waals surface area contributed by atoms with Gasteiger partial charge in [0, 0.05) is 10.8 Å². The highest BCUT2D eigenvalue weighted by molar-refractivity contribution is 8.13. The van der Waals surface area contributed by atoms with Gasteiger partial charge in [-0.15, -0.1) is 10.2 Å². The molecule has 17 heavy (non-hydrogen) atoms. The van der Waals surface area contributed by atoms with E-state index in [0.29, 0.717) is 15.9 Å². The SMILES string of the molecule is C=C1N=NC(SCc2ccc(Cl)cc2)=NC1=O. The van der Waals surface area contributed by atoms with Gasteiger partial charge in [-0.1, -0.05) is 42.1 Å². The third kappa shape index (κ3) is 3.25. The number of azo groups is 1. The average Bonchev–Trinajstić information content (AvgIpc) is 2.33. The van der Waals surface area contributed by atoms with Crippen LogP contribution >= 0.6 is 23.4 Å². The predicted octanol–water partition coefficient (Wildman–Crippen LogP) is 3.44. The highest BCUT2D eigenvalue weighted by Gasteiger charge is 2.13. The monoisotopic (exact) mass is 265 g/mol. The van der Waals surface area contributed by atoms with Crippen LogP contribution in [0.5, 0.6) is 0 Å². The smallest absolute Gasteiger partial charge is 0.265 e. The summed E-state index contributed by atoms with van der Waals surface area (Å²) in [6, 6.07) is 7.45. The molecule has 1 aromatic rings. The molecule has 0 N–H and O–H groups in total. The van der Waals surface area contributed by atoms with Crippen molar-refractivity contribution in [2.45, 2.75) is 5.75 Å². The van der Waals surface area contributed by atoms with Crippen LogP contribution in [0.25, 0.3) is 0 Å². The Hall–Kier alpha value is -1.46. The Labute approximate surface area is 107 Å². The lowest BCUT2D eigenvalue weighted by atomic mass is 10.2. The second-order valence-corrected chi connectivity index (χ2v) is 4.64. The van der Waals surface area contributed by atoms with Crippen molar-refractivity contribution in [2.24, 2.45) is 15.2 Å². The first-order chi connectivity index (χ1) is 8.15. The molecule has 1 heterocycles. The summed E-state index contributed by atoms with van der Waals surface area (Å²) in [6.45, 7) is 3.42. The van der Waals surface area contributed by atoms with Crippen molar-refractivity contribution < 1.29 is 4.79 Å². The van der Waals surface area contributed by atoms with Crippen molar-refractivity contribution >= 4 is 34.4 Å². The van der Waals surface area contributed by atoms with Gasteiger partial charge in [0.2, 0.25) is 5.17 Å². The molecule has 0 saturated carbocycles. The number of rotatable bonds is 2. The second kappa shape index (κ2) is 5.25. The van der Waals surface area contributed by atoms with Gasteiger partial charge in [-0.25, -0.2) is 0 Å². The van der Waals surface area contributed by atoms with E-state index in [9.17, 15) is 4.79 Å². The van der Waals surface area contributed by atoms with E-state index in [2.05, 4.69) is 21.8 Å². The van der Waals surface area contributed by atoms with Crippen LogP contribution in [0.4, 0.5) is 0 Å². The Bertz CT molecular complexity index is 522. The van der Waals surface area contributed by atoms with E-state index in [0.717, 1.165) is 5.56 Å². The Morgan fingerprint density at radius 3 is 2.59 bits per heavy atom. The fourth-order valence-corrected chi connectivity index (χ4v) is 1.97. The number of hydrogen-bond acceptors (Lipinski definition) is 4. The van der Waals surface area contributed by atoms with Crippen LogP contribution in [0.1, 0.15) is 5.56 Å². The molecule has 6 heteroatoms. The zero-order valence-electron chi connectivity index (χ0n) is 8.76. The lowest BCUT2D eigenvalue weighted by Crippen LogP contribution is -2.04. The topological polar surface area (TPSA) is 54.1 Å². The van der Waals surface area contributed by atoms with Gasteiger partial charge >= 0.3 is 0 Å². The first-order valence-corrected chi connectivity index (χ1v) is 6.12. The molecular weight excluding hydrogens is 258 g/mol. The summed E-state index contributed by atoms with van der Waals surface area (Å²) in [5.41, 5.74) is 1.15. The molecule has 0 unspecified atom stereocenters. The Kier molecular flexibility index (Phi) is 3.71. The molecule has 1 aromatic carbocycles. The molecule has 86 valence electrons. The third-order valence-corrected chi connectivity index (χ3v) is 3.14. The molecule has 1 aliphatic heterocycles. The van der Waals surface area contributed by atoms with Crippen molar-refractivity contribution in [3.8, 4) is 0 Å². The molecule has 0 aliphatic carbocycles. The quantitative estimate of drug-likeness (QED) is 0.769. The van der Waals surface area contributed by atoms with Gasteiger partial charge in [0.15, 0.2) is 0 Å². The Morgan fingerprint density at radius 2 is 1.94 bits per heavy atom. The molecule has 2 rings (SSSR count). The van der Waals surface area contributed by atoms with Gasteiger partial charge < -0.3 is 0 Å². The largest absolute Gasteiger partial charge is 0.299 e. The maximum Gasteiger partial charge on any atom is 0.299 e. The first-order valence-electron chi connectivity index (χ1n) is 4.76. The molecule has 0 spiro atoms. The van der Waals surface area contributed by atoms with E-state index in [1.54, 1.807) is 0 Å². The standard InChI is InChI=1S/C11H8ClN3OS/c1-7-10(16)13-11(15-14-7)17-6-8-2-4-9(12)5-3-8/h2-5H,1,6H2. The molecule has 1 aliphatic rings. The normalized spacial score (nSPS) is 15.0. The van der Waals surface area contributed by atoms with Crippen molar-refractivity contribution in [2.75, 3.05) is 0 Å². The van der Waals surface area contributed by atoms with Gasteiger partial charge in [-0.05, 0) is 17.7 Å². The van der Waals surface area contributed by atoms with Crippen LogP contribution in [0.2, 0.25) is 5.02 Å². The van der Waals surface area contributed by atoms with Gasteiger partial charge in [0.25, 0.3) is 5.91 Å². The third-order valence-electron chi connectivity index (χ3n) is 1.98. The summed E-state index contributed by atoms with van der Waals surface area (Å²) in [6.07, 6.45) is 0. The van der Waals surface area contributed by atoms with Crippen LogP contribution in [0.3, 0.4) is 0 Å². The Balaban J connectivity index is 1.97. The van der Waals surface area contributed by atoms with E-state index in [-0.39, 0.29) is 5.70 Å². The van der Waals surface area contributed by atoms with E-state index >= 15 is 0 Å². The van der Waals surface area contributed by atoms with Crippen LogP contribution in [-0.4, -0.2) is 11.1 Å². The minimum atomic E-state index is -0.432. The van der Waals surface area contributed by atoms with Crippen molar-refractivity contribution in [3.05, 3.63) is 47.1 Å². The van der Waals surface area contributed by atoms with Crippen LogP contribution in [0.15, 0.2) is 51.8 Å². The number of hydrogen-bond donors (Lipinski definition) is 0. The summed E-state index contributed by atoms with van der Waals surface area (Å²) in [5, 5.41) is 8.47. The predicted molar refractivity (Wildman–Crippen MR) is 69.2 cm³/mol. The highest BCUT2D eigenvalue weighted by Crippen LogP contribution is 2.20. The minimum absolute atomic E-state index is 0.0702. The molecule has 4 nitrogen and oxygen atoms in total. The molecule has 0 bridgehead atoms. The fraction of sp³-hybridized carbons (Fsp3) is 0.0909. The molecule has 0 fully saturated rings. The molecule has 1 amide bonds. The number of benzene rings is 1.